The van der Waals surface area contributed by atoms with Crippen LogP contribution in [0.1, 0.15) is 29.4 Å². The van der Waals surface area contributed by atoms with E-state index in [0.29, 0.717) is 5.92 Å². The third-order valence-corrected chi connectivity index (χ3v) is 3.79. The zero-order valence-corrected chi connectivity index (χ0v) is 13.0. The van der Waals surface area contributed by atoms with E-state index in [-0.39, 0.29) is 0 Å². The Hall–Kier alpha value is -1.46. The fraction of sp³-hybridized carbons (Fsp3) is 0.467. The number of methoxy groups -OCH3 is 1. The van der Waals surface area contributed by atoms with Crippen LogP contribution < -0.4 is 10.1 Å². The molecule has 2 aromatic rings. The van der Waals surface area contributed by atoms with Crippen molar-refractivity contribution in [1.29, 1.82) is 0 Å². The molecule has 20 heavy (non-hydrogen) atoms. The van der Waals surface area contributed by atoms with Crippen molar-refractivity contribution in [3.8, 4) is 5.75 Å². The highest BCUT2D eigenvalue weighted by Gasteiger charge is 2.08. The summed E-state index contributed by atoms with van der Waals surface area (Å²) in [5.74, 6) is 1.55. The van der Waals surface area contributed by atoms with Crippen molar-refractivity contribution in [1.82, 2.24) is 15.5 Å². The lowest BCUT2D eigenvalue weighted by atomic mass is 10.1. The van der Waals surface area contributed by atoms with Gasteiger partial charge in [-0.1, -0.05) is 43.4 Å². The van der Waals surface area contributed by atoms with E-state index in [2.05, 4.69) is 35.4 Å². The van der Waals surface area contributed by atoms with Crippen molar-refractivity contribution in [3.63, 3.8) is 0 Å². The highest BCUT2D eigenvalue weighted by molar-refractivity contribution is 7.11. The van der Waals surface area contributed by atoms with E-state index in [0.717, 1.165) is 40.8 Å². The minimum absolute atomic E-state index is 0.649. The SMILES string of the molecule is COc1ccccc1Cc1nnc(CNCC(C)C)s1. The molecule has 1 aromatic heterocycles. The van der Waals surface area contributed by atoms with Gasteiger partial charge in [0.05, 0.1) is 7.11 Å². The molecule has 0 bridgehead atoms. The number of hydrogen-bond donors (Lipinski definition) is 1. The standard InChI is InChI=1S/C15H21N3OS/c1-11(2)9-16-10-15-18-17-14(20-15)8-12-6-4-5-7-13(12)19-3/h4-7,11,16H,8-10H2,1-3H3. The molecule has 0 amide bonds. The highest BCUT2D eigenvalue weighted by Crippen LogP contribution is 2.22. The Balaban J connectivity index is 1.95. The molecule has 5 heteroatoms. The maximum atomic E-state index is 5.36. The molecule has 0 saturated heterocycles. The Labute approximate surface area is 124 Å². The first kappa shape index (κ1) is 14.9. The summed E-state index contributed by atoms with van der Waals surface area (Å²) in [5, 5.41) is 13.9. The Kier molecular flexibility index (Phi) is 5.49. The van der Waals surface area contributed by atoms with E-state index in [1.165, 1.54) is 0 Å². The third-order valence-electron chi connectivity index (χ3n) is 2.87. The number of rotatable bonds is 7. The molecule has 2 rings (SSSR count). The maximum Gasteiger partial charge on any atom is 0.131 e. The number of nitrogens with zero attached hydrogens (tertiary/aromatic N) is 2. The first-order chi connectivity index (χ1) is 9.69. The normalized spacial score (nSPS) is 11.0. The highest BCUT2D eigenvalue weighted by atomic mass is 32.1. The first-order valence-electron chi connectivity index (χ1n) is 6.83. The molecule has 0 atom stereocenters. The molecule has 0 aliphatic heterocycles. The van der Waals surface area contributed by atoms with Crippen molar-refractivity contribution in [2.45, 2.75) is 26.8 Å². The van der Waals surface area contributed by atoms with Crippen LogP contribution in [-0.2, 0) is 13.0 Å². The molecule has 0 unspecified atom stereocenters. The first-order valence-corrected chi connectivity index (χ1v) is 7.64. The molecule has 1 N–H and O–H groups in total. The Morgan fingerprint density at radius 1 is 1.20 bits per heavy atom. The van der Waals surface area contributed by atoms with Crippen LogP contribution in [0.3, 0.4) is 0 Å². The minimum Gasteiger partial charge on any atom is -0.496 e. The number of hydrogen-bond acceptors (Lipinski definition) is 5. The Morgan fingerprint density at radius 3 is 2.70 bits per heavy atom. The fourth-order valence-electron chi connectivity index (χ4n) is 1.91. The Morgan fingerprint density at radius 2 is 1.95 bits per heavy atom. The average Bonchev–Trinajstić information content (AvgIpc) is 2.86. The number of aromatic nitrogens is 2. The molecule has 0 spiro atoms. The summed E-state index contributed by atoms with van der Waals surface area (Å²) in [7, 11) is 1.69. The van der Waals surface area contributed by atoms with Crippen LogP contribution in [0.15, 0.2) is 24.3 Å². The predicted molar refractivity (Wildman–Crippen MR) is 82.3 cm³/mol. The van der Waals surface area contributed by atoms with Crippen molar-refractivity contribution in [2.24, 2.45) is 5.92 Å². The van der Waals surface area contributed by atoms with Gasteiger partial charge in [0.15, 0.2) is 0 Å². The lowest BCUT2D eigenvalue weighted by Gasteiger charge is -2.05. The molecule has 0 aliphatic carbocycles. The van der Waals surface area contributed by atoms with Crippen molar-refractivity contribution in [3.05, 3.63) is 39.8 Å². The van der Waals surface area contributed by atoms with Crippen LogP contribution in [0, 0.1) is 5.92 Å². The number of benzene rings is 1. The summed E-state index contributed by atoms with van der Waals surface area (Å²) >= 11 is 1.66. The maximum absolute atomic E-state index is 5.36. The summed E-state index contributed by atoms with van der Waals surface area (Å²) in [6.07, 6.45) is 0.770. The topological polar surface area (TPSA) is 47.0 Å². The molecular formula is C15H21N3OS. The largest absolute Gasteiger partial charge is 0.496 e. The van der Waals surface area contributed by atoms with Crippen LogP contribution in [0.2, 0.25) is 0 Å². The van der Waals surface area contributed by atoms with E-state index < -0.39 is 0 Å². The third kappa shape index (κ3) is 4.28. The van der Waals surface area contributed by atoms with Gasteiger partial charge in [-0.2, -0.15) is 0 Å². The number of nitrogens with one attached hydrogen (secondary N) is 1. The molecule has 0 saturated carbocycles. The van der Waals surface area contributed by atoms with E-state index in [4.69, 9.17) is 4.74 Å². The molecule has 0 aliphatic rings. The summed E-state index contributed by atoms with van der Waals surface area (Å²) < 4.78 is 5.36. The summed E-state index contributed by atoms with van der Waals surface area (Å²) in [6, 6.07) is 8.03. The van der Waals surface area contributed by atoms with Crippen LogP contribution in [0.5, 0.6) is 5.75 Å². The quantitative estimate of drug-likeness (QED) is 0.852. The predicted octanol–water partition coefficient (Wildman–Crippen LogP) is 2.88. The molecule has 4 nitrogen and oxygen atoms in total. The zero-order chi connectivity index (χ0) is 14.4. The van der Waals surface area contributed by atoms with Gasteiger partial charge in [0.1, 0.15) is 15.8 Å². The number of ether oxygens (including phenoxy) is 1. The lowest BCUT2D eigenvalue weighted by molar-refractivity contribution is 0.410. The smallest absolute Gasteiger partial charge is 0.131 e. The second-order valence-corrected chi connectivity index (χ2v) is 6.25. The fourth-order valence-corrected chi connectivity index (χ4v) is 2.75. The van der Waals surface area contributed by atoms with E-state index in [1.54, 1.807) is 18.4 Å². The van der Waals surface area contributed by atoms with Gasteiger partial charge in [-0.25, -0.2) is 0 Å². The van der Waals surface area contributed by atoms with Crippen LogP contribution in [-0.4, -0.2) is 23.9 Å². The average molecular weight is 291 g/mol. The van der Waals surface area contributed by atoms with Gasteiger partial charge in [-0.15, -0.1) is 10.2 Å². The van der Waals surface area contributed by atoms with Gasteiger partial charge in [-0.3, -0.25) is 0 Å². The Bertz CT molecular complexity index is 539. The van der Waals surface area contributed by atoms with Crippen molar-refractivity contribution >= 4 is 11.3 Å². The monoisotopic (exact) mass is 291 g/mol. The summed E-state index contributed by atoms with van der Waals surface area (Å²) in [5.41, 5.74) is 1.15. The van der Waals surface area contributed by atoms with Crippen molar-refractivity contribution in [2.75, 3.05) is 13.7 Å². The molecule has 1 aromatic carbocycles. The second-order valence-electron chi connectivity index (χ2n) is 5.10. The second kappa shape index (κ2) is 7.36. The molecule has 108 valence electrons. The van der Waals surface area contributed by atoms with E-state index in [9.17, 15) is 0 Å². The van der Waals surface area contributed by atoms with Crippen LogP contribution in [0.25, 0.3) is 0 Å². The summed E-state index contributed by atoms with van der Waals surface area (Å²) in [6.45, 7) is 6.18. The van der Waals surface area contributed by atoms with Crippen LogP contribution >= 0.6 is 11.3 Å². The van der Waals surface area contributed by atoms with E-state index in [1.807, 2.05) is 18.2 Å². The van der Waals surface area contributed by atoms with Crippen LogP contribution in [0.4, 0.5) is 0 Å². The zero-order valence-electron chi connectivity index (χ0n) is 12.2. The molecule has 0 radical (unpaired) electrons. The van der Waals surface area contributed by atoms with Gasteiger partial charge in [0.25, 0.3) is 0 Å². The van der Waals surface area contributed by atoms with Crippen molar-refractivity contribution < 1.29 is 4.74 Å². The molecule has 1 heterocycles. The van der Waals surface area contributed by atoms with Gasteiger partial charge in [0, 0.05) is 18.5 Å². The molecular weight excluding hydrogens is 270 g/mol. The lowest BCUT2D eigenvalue weighted by Crippen LogP contribution is -2.18. The van der Waals surface area contributed by atoms with E-state index >= 15 is 0 Å². The van der Waals surface area contributed by atoms with Gasteiger partial charge >= 0.3 is 0 Å². The minimum atomic E-state index is 0.649. The molecule has 0 fully saturated rings. The van der Waals surface area contributed by atoms with Gasteiger partial charge in [0.2, 0.25) is 0 Å². The summed E-state index contributed by atoms with van der Waals surface area (Å²) in [4.78, 5) is 0. The van der Waals surface area contributed by atoms with Gasteiger partial charge < -0.3 is 10.1 Å². The van der Waals surface area contributed by atoms with Gasteiger partial charge in [-0.05, 0) is 18.5 Å². The number of para-hydroxylation sites is 1.